The summed E-state index contributed by atoms with van der Waals surface area (Å²) in [5, 5.41) is 10.5. The zero-order chi connectivity index (χ0) is 15.6. The highest BCUT2D eigenvalue weighted by Crippen LogP contribution is 2.16. The lowest BCUT2D eigenvalue weighted by molar-refractivity contribution is -0.384. The van der Waals surface area contributed by atoms with Gasteiger partial charge in [-0.15, -0.1) is 0 Å². The largest absolute Gasteiger partial charge is 0.443 e. The molecule has 1 amide bonds. The summed E-state index contributed by atoms with van der Waals surface area (Å²) in [4.78, 5) is 20.9. The number of amides is 1. The molecule has 0 saturated carbocycles. The van der Waals surface area contributed by atoms with E-state index in [4.69, 9.17) is 4.74 Å². The Bertz CT molecular complexity index is 615. The Morgan fingerprint density at radius 2 is 1.75 bits per heavy atom. The number of carbonyl (C=O) groups excluding carboxylic acids is 1. The van der Waals surface area contributed by atoms with Gasteiger partial charge in [0, 0.05) is 12.1 Å². The van der Waals surface area contributed by atoms with Crippen molar-refractivity contribution in [3.8, 4) is 0 Å². The fourth-order valence-corrected chi connectivity index (χ4v) is 2.09. The van der Waals surface area contributed by atoms with Crippen LogP contribution in [0.1, 0.15) is 20.8 Å². The molecule has 0 bridgehead atoms. The number of nitro benzene ring substituents is 1. The van der Waals surface area contributed by atoms with Gasteiger partial charge in [0.25, 0.3) is 15.7 Å². The van der Waals surface area contributed by atoms with E-state index in [9.17, 15) is 23.3 Å². The third kappa shape index (κ3) is 4.50. The Morgan fingerprint density at radius 3 is 2.15 bits per heavy atom. The number of rotatable bonds is 3. The van der Waals surface area contributed by atoms with E-state index in [-0.39, 0.29) is 10.6 Å². The van der Waals surface area contributed by atoms with Crippen molar-refractivity contribution in [3.63, 3.8) is 0 Å². The zero-order valence-corrected chi connectivity index (χ0v) is 11.9. The number of nitro groups is 1. The van der Waals surface area contributed by atoms with Gasteiger partial charge in [-0.2, -0.15) is 0 Å². The molecular formula is C11H14N2O6S. The topological polar surface area (TPSA) is 116 Å². The molecule has 0 fully saturated rings. The molecule has 1 N–H and O–H groups in total. The number of benzene rings is 1. The molecule has 9 heteroatoms. The zero-order valence-electron chi connectivity index (χ0n) is 11.1. The van der Waals surface area contributed by atoms with Crippen LogP contribution in [0.15, 0.2) is 29.2 Å². The quantitative estimate of drug-likeness (QED) is 0.672. The number of carbonyl (C=O) groups is 1. The van der Waals surface area contributed by atoms with E-state index in [0.29, 0.717) is 0 Å². The number of non-ortho nitro benzene ring substituents is 1. The van der Waals surface area contributed by atoms with E-state index in [1.165, 1.54) is 0 Å². The second-order valence-electron chi connectivity index (χ2n) is 4.86. The van der Waals surface area contributed by atoms with Gasteiger partial charge in [0.05, 0.1) is 9.82 Å². The standard InChI is InChI=1S/C11H14N2O6S/c1-11(2,3)19-10(14)12-20(17,18)9-6-4-8(5-7-9)13(15)16/h4-7H,1-3H3,(H,12,14). The maximum atomic E-state index is 11.8. The first kappa shape index (κ1) is 15.9. The van der Waals surface area contributed by atoms with Crippen LogP contribution in [0.2, 0.25) is 0 Å². The molecule has 0 aliphatic heterocycles. The van der Waals surface area contributed by atoms with Crippen molar-refractivity contribution in [1.82, 2.24) is 4.72 Å². The SMILES string of the molecule is CC(C)(C)OC(=O)NS(=O)(=O)c1ccc([N+](=O)[O-])cc1. The Balaban J connectivity index is 2.89. The van der Waals surface area contributed by atoms with Gasteiger partial charge in [-0.25, -0.2) is 17.9 Å². The van der Waals surface area contributed by atoms with Crippen molar-refractivity contribution in [3.05, 3.63) is 34.4 Å². The first-order valence-corrected chi connectivity index (χ1v) is 7.00. The second kappa shape index (κ2) is 5.45. The van der Waals surface area contributed by atoms with Gasteiger partial charge >= 0.3 is 6.09 Å². The minimum Gasteiger partial charge on any atom is -0.443 e. The number of hydrogen-bond donors (Lipinski definition) is 1. The summed E-state index contributed by atoms with van der Waals surface area (Å²) in [6.45, 7) is 4.77. The van der Waals surface area contributed by atoms with Gasteiger partial charge in [-0.3, -0.25) is 10.1 Å². The monoisotopic (exact) mass is 302 g/mol. The second-order valence-corrected chi connectivity index (χ2v) is 6.54. The predicted molar refractivity (Wildman–Crippen MR) is 69.7 cm³/mol. The Labute approximate surface area is 115 Å². The first-order chi connectivity index (χ1) is 9.01. The summed E-state index contributed by atoms with van der Waals surface area (Å²) >= 11 is 0. The lowest BCUT2D eigenvalue weighted by atomic mass is 10.2. The first-order valence-electron chi connectivity index (χ1n) is 5.51. The summed E-state index contributed by atoms with van der Waals surface area (Å²) in [5.74, 6) is 0. The van der Waals surface area contributed by atoms with E-state index >= 15 is 0 Å². The molecule has 0 aliphatic carbocycles. The average Bonchev–Trinajstić information content (AvgIpc) is 2.25. The summed E-state index contributed by atoms with van der Waals surface area (Å²) in [6, 6.07) is 4.13. The molecule has 0 spiro atoms. The van der Waals surface area contributed by atoms with Gasteiger partial charge in [0.15, 0.2) is 0 Å². The van der Waals surface area contributed by atoms with E-state index in [2.05, 4.69) is 0 Å². The molecule has 0 aromatic heterocycles. The molecule has 0 atom stereocenters. The van der Waals surface area contributed by atoms with Crippen LogP contribution in [0.3, 0.4) is 0 Å². The van der Waals surface area contributed by atoms with Crippen molar-refractivity contribution in [2.24, 2.45) is 0 Å². The van der Waals surface area contributed by atoms with Crippen molar-refractivity contribution < 1.29 is 22.9 Å². The molecule has 110 valence electrons. The molecule has 0 saturated heterocycles. The molecule has 20 heavy (non-hydrogen) atoms. The van der Waals surface area contributed by atoms with Gasteiger partial charge in [-0.1, -0.05) is 0 Å². The van der Waals surface area contributed by atoms with Crippen molar-refractivity contribution in [1.29, 1.82) is 0 Å². The fourth-order valence-electron chi connectivity index (χ4n) is 1.21. The highest BCUT2D eigenvalue weighted by atomic mass is 32.2. The molecule has 0 unspecified atom stereocenters. The number of nitrogens with zero attached hydrogens (tertiary/aromatic N) is 1. The normalized spacial score (nSPS) is 11.8. The van der Waals surface area contributed by atoms with Crippen molar-refractivity contribution in [2.75, 3.05) is 0 Å². The van der Waals surface area contributed by atoms with Crippen LogP contribution in [0, 0.1) is 10.1 Å². The van der Waals surface area contributed by atoms with Gasteiger partial charge < -0.3 is 4.74 Å². The minimum absolute atomic E-state index is 0.249. The van der Waals surface area contributed by atoms with Crippen LogP contribution in [-0.2, 0) is 14.8 Å². The van der Waals surface area contributed by atoms with Crippen LogP contribution in [0.25, 0.3) is 0 Å². The summed E-state index contributed by atoms with van der Waals surface area (Å²) in [6.07, 6.45) is -1.11. The number of hydrogen-bond acceptors (Lipinski definition) is 6. The maximum Gasteiger partial charge on any atom is 0.421 e. The average molecular weight is 302 g/mol. The molecular weight excluding hydrogens is 288 g/mol. The number of ether oxygens (including phenoxy) is 1. The lowest BCUT2D eigenvalue weighted by Crippen LogP contribution is -2.36. The lowest BCUT2D eigenvalue weighted by Gasteiger charge is -2.19. The van der Waals surface area contributed by atoms with Crippen molar-refractivity contribution in [2.45, 2.75) is 31.3 Å². The number of sulfonamides is 1. The van der Waals surface area contributed by atoms with Crippen LogP contribution in [-0.4, -0.2) is 25.0 Å². The van der Waals surface area contributed by atoms with Gasteiger partial charge in [0.2, 0.25) is 0 Å². The minimum atomic E-state index is -4.12. The maximum absolute atomic E-state index is 11.8. The highest BCUT2D eigenvalue weighted by Gasteiger charge is 2.23. The van der Waals surface area contributed by atoms with Gasteiger partial charge in [0.1, 0.15) is 5.60 Å². The van der Waals surface area contributed by atoms with E-state index in [1.807, 2.05) is 0 Å². The molecule has 1 aromatic carbocycles. The smallest absolute Gasteiger partial charge is 0.421 e. The molecule has 1 rings (SSSR count). The van der Waals surface area contributed by atoms with E-state index in [1.54, 1.807) is 25.5 Å². The molecule has 8 nitrogen and oxygen atoms in total. The van der Waals surface area contributed by atoms with E-state index < -0.39 is 26.6 Å². The molecule has 0 heterocycles. The van der Waals surface area contributed by atoms with Gasteiger partial charge in [-0.05, 0) is 32.9 Å². The number of nitrogens with one attached hydrogen (secondary N) is 1. The predicted octanol–water partition coefficient (Wildman–Crippen LogP) is 1.81. The van der Waals surface area contributed by atoms with Crippen LogP contribution >= 0.6 is 0 Å². The Kier molecular flexibility index (Phi) is 4.33. The summed E-state index contributed by atoms with van der Waals surface area (Å²) < 4.78 is 30.2. The van der Waals surface area contributed by atoms with Crippen LogP contribution in [0.4, 0.5) is 10.5 Å². The van der Waals surface area contributed by atoms with E-state index in [0.717, 1.165) is 24.3 Å². The highest BCUT2D eigenvalue weighted by molar-refractivity contribution is 7.90. The Morgan fingerprint density at radius 1 is 1.25 bits per heavy atom. The summed E-state index contributed by atoms with van der Waals surface area (Å²) in [7, 11) is -4.12. The molecule has 1 aromatic rings. The Hall–Kier alpha value is -2.16. The van der Waals surface area contributed by atoms with Crippen molar-refractivity contribution >= 4 is 21.8 Å². The van der Waals surface area contributed by atoms with Crippen LogP contribution < -0.4 is 4.72 Å². The van der Waals surface area contributed by atoms with Crippen LogP contribution in [0.5, 0.6) is 0 Å². The summed E-state index contributed by atoms with van der Waals surface area (Å²) in [5.41, 5.74) is -1.09. The molecule has 0 radical (unpaired) electrons. The molecule has 0 aliphatic rings. The fraction of sp³-hybridized carbons (Fsp3) is 0.364. The third-order valence-electron chi connectivity index (χ3n) is 1.97. The third-order valence-corrected chi connectivity index (χ3v) is 3.30.